The van der Waals surface area contributed by atoms with Crippen LogP contribution in [0.3, 0.4) is 0 Å². The van der Waals surface area contributed by atoms with Gasteiger partial charge in [-0.2, -0.15) is 0 Å². The van der Waals surface area contributed by atoms with E-state index in [1.807, 2.05) is 24.5 Å². The van der Waals surface area contributed by atoms with Gasteiger partial charge in [-0.25, -0.2) is 28.3 Å². The molecule has 2 atom stereocenters. The maximum atomic E-state index is 14.9. The second-order valence-electron chi connectivity index (χ2n) is 11.6. The summed E-state index contributed by atoms with van der Waals surface area (Å²) in [6.45, 7) is 4.82. The third-order valence-corrected chi connectivity index (χ3v) is 8.90. The van der Waals surface area contributed by atoms with Crippen molar-refractivity contribution in [1.29, 1.82) is 0 Å². The molecule has 2 aromatic heterocycles. The van der Waals surface area contributed by atoms with Crippen LogP contribution in [0.1, 0.15) is 74.1 Å². The van der Waals surface area contributed by atoms with Crippen molar-refractivity contribution >= 4 is 17.9 Å². The number of carbonyl (C=O) groups excluding carboxylic acids is 2. The average Bonchev–Trinajstić information content (AvgIpc) is 3.32. The van der Waals surface area contributed by atoms with Gasteiger partial charge in [0.05, 0.1) is 17.9 Å². The molecule has 2 N–H and O–H groups in total. The van der Waals surface area contributed by atoms with Crippen molar-refractivity contribution in [1.82, 2.24) is 24.8 Å². The fourth-order valence-corrected chi connectivity index (χ4v) is 6.44. The molecular weight excluding hydrogens is 546 g/mol. The van der Waals surface area contributed by atoms with Crippen LogP contribution in [-0.4, -0.2) is 51.8 Å². The highest BCUT2D eigenvalue weighted by atomic mass is 19.1. The summed E-state index contributed by atoms with van der Waals surface area (Å²) in [4.78, 5) is 36.5. The lowest BCUT2D eigenvalue weighted by atomic mass is 9.83. The number of halogens is 2. The van der Waals surface area contributed by atoms with E-state index in [0.717, 1.165) is 11.3 Å². The summed E-state index contributed by atoms with van der Waals surface area (Å²) >= 11 is 0. The molecule has 0 unspecified atom stereocenters. The molecule has 3 aliphatic heterocycles. The van der Waals surface area contributed by atoms with Gasteiger partial charge in [-0.1, -0.05) is 6.07 Å². The van der Waals surface area contributed by atoms with Crippen LogP contribution in [0.2, 0.25) is 0 Å². The molecule has 42 heavy (non-hydrogen) atoms. The van der Waals surface area contributed by atoms with Crippen LogP contribution in [-0.2, 0) is 27.2 Å². The lowest BCUT2D eigenvalue weighted by Crippen LogP contribution is -2.52. The summed E-state index contributed by atoms with van der Waals surface area (Å²) in [6, 6.07) is 6.82. The number of hydrogen-bond donors (Lipinski definition) is 2. The largest absolute Gasteiger partial charge is 0.437 e. The fourth-order valence-electron chi connectivity index (χ4n) is 6.44. The number of fused-ring (bicyclic) bond motifs is 3. The van der Waals surface area contributed by atoms with E-state index in [2.05, 4.69) is 20.6 Å². The van der Waals surface area contributed by atoms with E-state index < -0.39 is 40.9 Å². The highest BCUT2D eigenvalue weighted by Crippen LogP contribution is 2.43. The molecular formula is C30H34F2N6O4. The van der Waals surface area contributed by atoms with Crippen LogP contribution in [0.5, 0.6) is 0 Å². The SMILES string of the molecule is COC(C)(C)c1cnc2n1C[C@H](c1c(F)cccc1F)CC[C@H]2NC(=O)N1CCC2(CC1)OC(=O)Nc1ncccc12. The number of rotatable bonds is 4. The Kier molecular flexibility index (Phi) is 7.12. The molecule has 222 valence electrons. The van der Waals surface area contributed by atoms with E-state index in [1.165, 1.54) is 18.2 Å². The summed E-state index contributed by atoms with van der Waals surface area (Å²) in [5.41, 5.74) is 0.0240. The molecule has 10 nitrogen and oxygen atoms in total. The molecule has 6 rings (SSSR count). The zero-order valence-corrected chi connectivity index (χ0v) is 23.8. The number of piperidine rings is 1. The number of imidazole rings is 1. The first-order valence-corrected chi connectivity index (χ1v) is 14.2. The van der Waals surface area contributed by atoms with Gasteiger partial charge in [0.15, 0.2) is 0 Å². The number of methoxy groups -OCH3 is 1. The number of anilines is 1. The minimum atomic E-state index is -0.848. The van der Waals surface area contributed by atoms with Crippen LogP contribution in [0.15, 0.2) is 42.7 Å². The van der Waals surface area contributed by atoms with Crippen LogP contribution in [0.25, 0.3) is 0 Å². The van der Waals surface area contributed by atoms with Gasteiger partial charge in [0, 0.05) is 62.8 Å². The number of ether oxygens (including phenoxy) is 2. The van der Waals surface area contributed by atoms with E-state index in [-0.39, 0.29) is 11.6 Å². The molecule has 3 aromatic rings. The van der Waals surface area contributed by atoms with Gasteiger partial charge < -0.3 is 24.3 Å². The standard InChI is InChI=1S/C30H34F2N6O4/c1-29(2,41-3)23-16-34-26-22(10-9-18(17-38(23)26)24-20(31)7-4-8-21(24)32)35-27(39)37-14-11-30(12-15-37)19-6-5-13-33-25(19)36-28(40)42-30/h4-8,13,16,18,22H,9-12,14-15,17H2,1-3H3,(H,35,39)(H,33,36,40)/t18-,22-/m1/s1. The summed E-state index contributed by atoms with van der Waals surface area (Å²) < 4.78 is 43.2. The summed E-state index contributed by atoms with van der Waals surface area (Å²) in [5, 5.41) is 5.77. The topological polar surface area (TPSA) is 111 Å². The van der Waals surface area contributed by atoms with E-state index in [4.69, 9.17) is 9.47 Å². The van der Waals surface area contributed by atoms with Crippen molar-refractivity contribution in [3.63, 3.8) is 0 Å². The number of hydrogen-bond acceptors (Lipinski definition) is 6. The average molecular weight is 581 g/mol. The second kappa shape index (κ2) is 10.6. The number of nitrogens with zero attached hydrogens (tertiary/aromatic N) is 4. The predicted octanol–water partition coefficient (Wildman–Crippen LogP) is 5.32. The molecule has 3 aliphatic rings. The van der Waals surface area contributed by atoms with Gasteiger partial charge >= 0.3 is 12.1 Å². The van der Waals surface area contributed by atoms with Crippen LogP contribution >= 0.6 is 0 Å². The number of benzene rings is 1. The molecule has 12 heteroatoms. The zero-order chi connectivity index (χ0) is 29.6. The monoisotopic (exact) mass is 580 g/mol. The normalized spacial score (nSPS) is 21.5. The smallest absolute Gasteiger partial charge is 0.413 e. The number of amides is 3. The van der Waals surface area contributed by atoms with E-state index in [0.29, 0.717) is 57.0 Å². The molecule has 0 bridgehead atoms. The van der Waals surface area contributed by atoms with Crippen molar-refractivity contribution in [3.05, 3.63) is 77.0 Å². The first-order chi connectivity index (χ1) is 20.1. The Morgan fingerprint density at radius 1 is 1.14 bits per heavy atom. The first kappa shape index (κ1) is 28.1. The molecule has 1 fully saturated rings. The Morgan fingerprint density at radius 3 is 2.60 bits per heavy atom. The van der Waals surface area contributed by atoms with Gasteiger partial charge in [-0.3, -0.25) is 5.32 Å². The Morgan fingerprint density at radius 2 is 1.88 bits per heavy atom. The second-order valence-corrected chi connectivity index (χ2v) is 11.6. The molecule has 0 saturated carbocycles. The maximum absolute atomic E-state index is 14.9. The molecule has 1 aromatic carbocycles. The number of nitrogens with one attached hydrogen (secondary N) is 2. The Hall–Kier alpha value is -4.06. The highest BCUT2D eigenvalue weighted by molar-refractivity contribution is 5.87. The van der Waals surface area contributed by atoms with Gasteiger partial charge in [0.1, 0.15) is 34.5 Å². The first-order valence-electron chi connectivity index (χ1n) is 14.2. The zero-order valence-electron chi connectivity index (χ0n) is 23.8. The van der Waals surface area contributed by atoms with E-state index in [9.17, 15) is 18.4 Å². The Balaban J connectivity index is 1.23. The summed E-state index contributed by atoms with van der Waals surface area (Å²) in [7, 11) is 1.60. The quantitative estimate of drug-likeness (QED) is 0.432. The molecule has 3 amide bonds. The number of carbonyl (C=O) groups is 2. The molecule has 0 aliphatic carbocycles. The highest BCUT2D eigenvalue weighted by Gasteiger charge is 2.46. The Bertz CT molecular complexity index is 1500. The van der Waals surface area contributed by atoms with Crippen molar-refractivity contribution in [3.8, 4) is 0 Å². The van der Waals surface area contributed by atoms with Gasteiger partial charge in [-0.15, -0.1) is 0 Å². The minimum absolute atomic E-state index is 0.0397. The van der Waals surface area contributed by atoms with Crippen molar-refractivity contribution < 1.29 is 27.8 Å². The predicted molar refractivity (Wildman–Crippen MR) is 149 cm³/mol. The van der Waals surface area contributed by atoms with E-state index >= 15 is 0 Å². The summed E-state index contributed by atoms with van der Waals surface area (Å²) in [6.07, 6.45) is 4.49. The van der Waals surface area contributed by atoms with Gasteiger partial charge in [0.25, 0.3) is 0 Å². The summed E-state index contributed by atoms with van der Waals surface area (Å²) in [5.74, 6) is -0.551. The third-order valence-electron chi connectivity index (χ3n) is 8.90. The van der Waals surface area contributed by atoms with Gasteiger partial charge in [0.2, 0.25) is 0 Å². The third kappa shape index (κ3) is 4.87. The number of pyridine rings is 1. The number of aromatic nitrogens is 3. The molecule has 0 radical (unpaired) electrons. The van der Waals surface area contributed by atoms with Crippen LogP contribution in [0.4, 0.5) is 24.2 Å². The van der Waals surface area contributed by atoms with Crippen LogP contribution in [0, 0.1) is 11.6 Å². The van der Waals surface area contributed by atoms with Crippen molar-refractivity contribution in [2.45, 2.75) is 69.2 Å². The fraction of sp³-hybridized carbons (Fsp3) is 0.467. The van der Waals surface area contributed by atoms with E-state index in [1.54, 1.807) is 30.5 Å². The maximum Gasteiger partial charge on any atom is 0.413 e. The molecule has 1 spiro atoms. The lowest BCUT2D eigenvalue weighted by molar-refractivity contribution is -0.0308. The molecule has 1 saturated heterocycles. The van der Waals surface area contributed by atoms with Gasteiger partial charge in [-0.05, 0) is 51.0 Å². The molecule has 5 heterocycles. The minimum Gasteiger partial charge on any atom is -0.437 e. The van der Waals surface area contributed by atoms with Crippen LogP contribution < -0.4 is 10.6 Å². The number of urea groups is 1. The number of likely N-dealkylation sites (tertiary alicyclic amines) is 1. The van der Waals surface area contributed by atoms with Crippen molar-refractivity contribution in [2.75, 3.05) is 25.5 Å². The lowest BCUT2D eigenvalue weighted by Gasteiger charge is -2.43. The van der Waals surface area contributed by atoms with Crippen molar-refractivity contribution in [2.24, 2.45) is 0 Å². The Labute approximate surface area is 242 Å².